The molecule has 0 fully saturated rings. The first kappa shape index (κ1) is 18.1. The van der Waals surface area contributed by atoms with Crippen LogP contribution in [0.1, 0.15) is 17.0 Å². The summed E-state index contributed by atoms with van der Waals surface area (Å²) < 4.78 is 31.9. The number of nitrogens with zero attached hydrogens (tertiary/aromatic N) is 4. The van der Waals surface area contributed by atoms with Gasteiger partial charge in [-0.05, 0) is 12.5 Å². The van der Waals surface area contributed by atoms with Gasteiger partial charge in [-0.15, -0.1) is 0 Å². The lowest BCUT2D eigenvalue weighted by molar-refractivity contribution is 0.375. The molecule has 0 atom stereocenters. The van der Waals surface area contributed by atoms with E-state index in [1.54, 1.807) is 31.1 Å². The summed E-state index contributed by atoms with van der Waals surface area (Å²) >= 11 is 0. The van der Waals surface area contributed by atoms with Crippen LogP contribution in [-0.4, -0.2) is 44.6 Å². The smallest absolute Gasteiger partial charge is 0.321 e. The lowest BCUT2D eigenvalue weighted by Gasteiger charge is -2.12. The average Bonchev–Trinajstić information content (AvgIpc) is 2.54. The Morgan fingerprint density at radius 3 is 2.38 bits per heavy atom. The van der Waals surface area contributed by atoms with Crippen molar-refractivity contribution in [2.45, 2.75) is 19.2 Å². The van der Waals surface area contributed by atoms with Gasteiger partial charge < -0.3 is 9.64 Å². The van der Waals surface area contributed by atoms with Gasteiger partial charge in [-0.2, -0.15) is 15.0 Å². The van der Waals surface area contributed by atoms with Crippen LogP contribution in [0, 0.1) is 6.92 Å². The number of benzene rings is 1. The van der Waals surface area contributed by atoms with E-state index in [-0.39, 0.29) is 24.1 Å². The van der Waals surface area contributed by atoms with Gasteiger partial charge >= 0.3 is 6.01 Å². The van der Waals surface area contributed by atoms with Crippen molar-refractivity contribution in [3.63, 3.8) is 0 Å². The number of rotatable bonds is 7. The molecule has 0 saturated carbocycles. The molecule has 1 aromatic carbocycles. The number of methoxy groups -OCH3 is 1. The van der Waals surface area contributed by atoms with Crippen LogP contribution >= 0.6 is 0 Å². The highest BCUT2D eigenvalue weighted by molar-refractivity contribution is 7.88. The van der Waals surface area contributed by atoms with E-state index in [9.17, 15) is 8.42 Å². The molecule has 1 heterocycles. The second-order valence-corrected chi connectivity index (χ2v) is 7.31. The molecule has 0 amide bonds. The molecule has 2 rings (SSSR count). The van der Waals surface area contributed by atoms with Gasteiger partial charge in [0.2, 0.25) is 16.0 Å². The molecule has 0 unspecified atom stereocenters. The minimum atomic E-state index is -3.50. The van der Waals surface area contributed by atoms with Gasteiger partial charge in [0.1, 0.15) is 0 Å². The summed E-state index contributed by atoms with van der Waals surface area (Å²) in [5.74, 6) is 0.586. The molecule has 0 bridgehead atoms. The first-order valence-electron chi connectivity index (χ1n) is 7.28. The standard InChI is InChI=1S/C15H21N5O3S/c1-11-5-7-12(8-6-11)10-24(21,22)16-9-13-17-14(20(2)3)19-15(18-13)23-4/h5-8,16H,9-10H2,1-4H3. The molecule has 2 aromatic rings. The molecule has 0 radical (unpaired) electrons. The Kier molecular flexibility index (Phi) is 5.68. The number of sulfonamides is 1. The molecule has 0 aliphatic carbocycles. The van der Waals surface area contributed by atoms with Crippen LogP contribution < -0.4 is 14.4 Å². The largest absolute Gasteiger partial charge is 0.467 e. The lowest BCUT2D eigenvalue weighted by Crippen LogP contribution is -2.26. The summed E-state index contributed by atoms with van der Waals surface area (Å²) in [6, 6.07) is 7.49. The molecule has 0 aliphatic heterocycles. The van der Waals surface area contributed by atoms with E-state index in [0.29, 0.717) is 5.95 Å². The summed E-state index contributed by atoms with van der Waals surface area (Å²) in [6.45, 7) is 1.92. The molecule has 0 spiro atoms. The van der Waals surface area contributed by atoms with Crippen molar-refractivity contribution >= 4 is 16.0 Å². The van der Waals surface area contributed by atoms with E-state index in [1.165, 1.54) is 7.11 Å². The third-order valence-electron chi connectivity index (χ3n) is 3.16. The minimum Gasteiger partial charge on any atom is -0.467 e. The second-order valence-electron chi connectivity index (χ2n) is 5.50. The summed E-state index contributed by atoms with van der Waals surface area (Å²) in [4.78, 5) is 14.0. The highest BCUT2D eigenvalue weighted by Gasteiger charge is 2.14. The molecule has 1 N–H and O–H groups in total. The van der Waals surface area contributed by atoms with E-state index >= 15 is 0 Å². The van der Waals surface area contributed by atoms with Crippen molar-refractivity contribution in [3.8, 4) is 6.01 Å². The maximum atomic E-state index is 12.2. The van der Waals surface area contributed by atoms with Crippen molar-refractivity contribution in [1.82, 2.24) is 19.7 Å². The number of nitrogens with one attached hydrogen (secondary N) is 1. The maximum absolute atomic E-state index is 12.2. The number of hydrogen-bond acceptors (Lipinski definition) is 7. The van der Waals surface area contributed by atoms with Crippen LogP contribution in [0.3, 0.4) is 0 Å². The molecular formula is C15H21N5O3S. The lowest BCUT2D eigenvalue weighted by atomic mass is 10.2. The Morgan fingerprint density at radius 1 is 1.12 bits per heavy atom. The van der Waals surface area contributed by atoms with Crippen molar-refractivity contribution in [3.05, 3.63) is 41.2 Å². The Bertz CT molecular complexity index is 791. The molecule has 8 nitrogen and oxygen atoms in total. The molecule has 0 aliphatic rings. The fraction of sp³-hybridized carbons (Fsp3) is 0.400. The van der Waals surface area contributed by atoms with Gasteiger partial charge in [0.05, 0.1) is 19.4 Å². The highest BCUT2D eigenvalue weighted by Crippen LogP contribution is 2.11. The first-order chi connectivity index (χ1) is 11.3. The zero-order valence-corrected chi connectivity index (χ0v) is 15.0. The summed E-state index contributed by atoms with van der Waals surface area (Å²) in [6.07, 6.45) is 0. The number of aromatic nitrogens is 3. The zero-order valence-electron chi connectivity index (χ0n) is 14.1. The second kappa shape index (κ2) is 7.54. The van der Waals surface area contributed by atoms with E-state index in [2.05, 4.69) is 19.7 Å². The van der Waals surface area contributed by atoms with Crippen LogP contribution in [-0.2, 0) is 22.3 Å². The van der Waals surface area contributed by atoms with Crippen LogP contribution in [0.2, 0.25) is 0 Å². The number of ether oxygens (including phenoxy) is 1. The van der Waals surface area contributed by atoms with E-state index in [4.69, 9.17) is 4.74 Å². The fourth-order valence-corrected chi connectivity index (χ4v) is 2.97. The number of anilines is 1. The predicted molar refractivity (Wildman–Crippen MR) is 91.3 cm³/mol. The molecule has 130 valence electrons. The van der Waals surface area contributed by atoms with E-state index < -0.39 is 10.0 Å². The summed E-state index contributed by atoms with van der Waals surface area (Å²) in [5.41, 5.74) is 1.80. The predicted octanol–water partition coefficient (Wildman–Crippen LogP) is 0.874. The SMILES string of the molecule is COc1nc(CNS(=O)(=O)Cc2ccc(C)cc2)nc(N(C)C)n1. The molecule has 1 aromatic heterocycles. The normalized spacial score (nSPS) is 11.3. The third-order valence-corrected chi connectivity index (χ3v) is 4.46. The fourth-order valence-electron chi connectivity index (χ4n) is 1.89. The quantitative estimate of drug-likeness (QED) is 0.790. The molecular weight excluding hydrogens is 330 g/mol. The van der Waals surface area contributed by atoms with Crippen molar-refractivity contribution in [1.29, 1.82) is 0 Å². The maximum Gasteiger partial charge on any atom is 0.321 e. The first-order valence-corrected chi connectivity index (χ1v) is 8.93. The third kappa shape index (κ3) is 5.14. The summed E-state index contributed by atoms with van der Waals surface area (Å²) in [5, 5.41) is 0. The van der Waals surface area contributed by atoms with Gasteiger partial charge in [-0.1, -0.05) is 29.8 Å². The Labute approximate surface area is 142 Å². The monoisotopic (exact) mass is 351 g/mol. The summed E-state index contributed by atoms with van der Waals surface area (Å²) in [7, 11) is 1.50. The zero-order chi connectivity index (χ0) is 17.7. The number of hydrogen-bond donors (Lipinski definition) is 1. The van der Waals surface area contributed by atoms with Crippen LogP contribution in [0.5, 0.6) is 6.01 Å². The van der Waals surface area contributed by atoms with Gasteiger partial charge in [-0.25, -0.2) is 13.1 Å². The van der Waals surface area contributed by atoms with Crippen molar-refractivity contribution in [2.75, 3.05) is 26.1 Å². The van der Waals surface area contributed by atoms with Crippen LogP contribution in [0.4, 0.5) is 5.95 Å². The topological polar surface area (TPSA) is 97.3 Å². The van der Waals surface area contributed by atoms with Crippen molar-refractivity contribution in [2.24, 2.45) is 0 Å². The van der Waals surface area contributed by atoms with Gasteiger partial charge in [0.25, 0.3) is 0 Å². The van der Waals surface area contributed by atoms with Crippen molar-refractivity contribution < 1.29 is 13.2 Å². The molecule has 24 heavy (non-hydrogen) atoms. The minimum absolute atomic E-state index is 0.0338. The Balaban J connectivity index is 2.08. The average molecular weight is 351 g/mol. The Hall–Kier alpha value is -2.26. The van der Waals surface area contributed by atoms with E-state index in [1.807, 2.05) is 19.1 Å². The molecule has 9 heteroatoms. The van der Waals surface area contributed by atoms with Gasteiger partial charge in [-0.3, -0.25) is 0 Å². The van der Waals surface area contributed by atoms with Gasteiger partial charge in [0, 0.05) is 14.1 Å². The molecule has 0 saturated heterocycles. The highest BCUT2D eigenvalue weighted by atomic mass is 32.2. The number of aryl methyl sites for hydroxylation is 1. The van der Waals surface area contributed by atoms with E-state index in [0.717, 1.165) is 11.1 Å². The van der Waals surface area contributed by atoms with Crippen LogP contribution in [0.15, 0.2) is 24.3 Å². The Morgan fingerprint density at radius 2 is 1.79 bits per heavy atom. The van der Waals surface area contributed by atoms with Crippen LogP contribution in [0.25, 0.3) is 0 Å². The van der Waals surface area contributed by atoms with Gasteiger partial charge in [0.15, 0.2) is 5.82 Å².